The van der Waals surface area contributed by atoms with Crippen LogP contribution in [0.1, 0.15) is 92.9 Å². The molecule has 0 N–H and O–H groups in total. The van der Waals surface area contributed by atoms with Crippen LogP contribution in [0.15, 0.2) is 61.2 Å². The minimum atomic E-state index is -0.536. The van der Waals surface area contributed by atoms with Crippen molar-refractivity contribution in [2.24, 2.45) is 17.8 Å². The molecule has 4 rings (SSSR count). The Morgan fingerprint density at radius 2 is 1.63 bits per heavy atom. The van der Waals surface area contributed by atoms with Crippen LogP contribution in [0.25, 0.3) is 0 Å². The van der Waals surface area contributed by atoms with E-state index in [4.69, 9.17) is 0 Å². The fraction of sp³-hybridized carbons (Fsp3) is 0.455. The molecule has 2 aromatic carbocycles. The third kappa shape index (κ3) is 6.72. The van der Waals surface area contributed by atoms with Crippen LogP contribution in [0.3, 0.4) is 0 Å². The highest BCUT2D eigenvalue weighted by Crippen LogP contribution is 2.48. The van der Waals surface area contributed by atoms with Gasteiger partial charge in [0, 0.05) is 5.56 Å². The third-order valence-corrected chi connectivity index (χ3v) is 8.16. The Morgan fingerprint density at radius 3 is 2.34 bits per heavy atom. The summed E-state index contributed by atoms with van der Waals surface area (Å²) in [5.74, 6) is 7.17. The summed E-state index contributed by atoms with van der Waals surface area (Å²) in [7, 11) is 0. The van der Waals surface area contributed by atoms with E-state index in [1.807, 2.05) is 37.3 Å². The van der Waals surface area contributed by atoms with E-state index in [0.29, 0.717) is 5.92 Å². The molecule has 35 heavy (non-hydrogen) atoms. The molecule has 0 aromatic heterocycles. The number of halogens is 2. The quantitative estimate of drug-likeness (QED) is 0.278. The van der Waals surface area contributed by atoms with Gasteiger partial charge < -0.3 is 0 Å². The normalized spacial score (nSPS) is 24.0. The number of allylic oxidation sites excluding steroid dienone is 3. The van der Waals surface area contributed by atoms with Crippen LogP contribution in [0, 0.1) is 41.2 Å². The van der Waals surface area contributed by atoms with Gasteiger partial charge in [-0.25, -0.2) is 8.78 Å². The van der Waals surface area contributed by atoms with E-state index in [1.165, 1.54) is 49.8 Å². The monoisotopic (exact) mass is 472 g/mol. The molecule has 0 bridgehead atoms. The number of hydrogen-bond acceptors (Lipinski definition) is 0. The zero-order chi connectivity index (χ0) is 24.6. The summed E-state index contributed by atoms with van der Waals surface area (Å²) in [6.45, 7) is 5.88. The van der Waals surface area contributed by atoms with E-state index < -0.39 is 11.6 Å². The zero-order valence-corrected chi connectivity index (χ0v) is 21.0. The maximum Gasteiger partial charge on any atom is 0.142 e. The fourth-order valence-corrected chi connectivity index (χ4v) is 6.16. The summed E-state index contributed by atoms with van der Waals surface area (Å²) >= 11 is 0. The molecule has 0 saturated heterocycles. The van der Waals surface area contributed by atoms with Crippen LogP contribution < -0.4 is 0 Å². The van der Waals surface area contributed by atoms with Crippen molar-refractivity contribution in [2.75, 3.05) is 0 Å². The van der Waals surface area contributed by atoms with Crippen molar-refractivity contribution in [2.45, 2.75) is 77.0 Å². The predicted molar refractivity (Wildman–Crippen MR) is 142 cm³/mol. The molecule has 0 aliphatic heterocycles. The van der Waals surface area contributed by atoms with Gasteiger partial charge in [0.1, 0.15) is 11.6 Å². The number of benzene rings is 2. The first kappa shape index (κ1) is 25.4. The van der Waals surface area contributed by atoms with Crippen LogP contribution in [0.2, 0.25) is 0 Å². The minimum Gasteiger partial charge on any atom is -0.206 e. The Kier molecular flexibility index (Phi) is 8.97. The summed E-state index contributed by atoms with van der Waals surface area (Å²) in [4.78, 5) is 0. The van der Waals surface area contributed by atoms with E-state index in [0.717, 1.165) is 55.1 Å². The first-order valence-corrected chi connectivity index (χ1v) is 13.4. The second-order valence-corrected chi connectivity index (χ2v) is 10.5. The zero-order valence-electron chi connectivity index (χ0n) is 21.0. The lowest BCUT2D eigenvalue weighted by molar-refractivity contribution is 0.115. The van der Waals surface area contributed by atoms with Crippen LogP contribution in [-0.2, 0) is 6.42 Å². The molecular formula is C33H38F2. The van der Waals surface area contributed by atoms with Gasteiger partial charge >= 0.3 is 0 Å². The Balaban J connectivity index is 1.40. The summed E-state index contributed by atoms with van der Waals surface area (Å²) in [6.07, 6.45) is 17.7. The minimum absolute atomic E-state index is 0.123. The molecule has 184 valence electrons. The molecule has 0 radical (unpaired) electrons. The van der Waals surface area contributed by atoms with Gasteiger partial charge in [0.25, 0.3) is 0 Å². The summed E-state index contributed by atoms with van der Waals surface area (Å²) in [6, 6.07) is 11.0. The molecule has 2 aliphatic rings. The fourth-order valence-electron chi connectivity index (χ4n) is 6.16. The highest BCUT2D eigenvalue weighted by molar-refractivity contribution is 5.46. The predicted octanol–water partition coefficient (Wildman–Crippen LogP) is 9.14. The molecule has 0 nitrogen and oxygen atoms in total. The average molecular weight is 473 g/mol. The number of fused-ring (bicyclic) bond motifs is 1. The van der Waals surface area contributed by atoms with Crippen molar-refractivity contribution in [3.05, 3.63) is 95.1 Å². The number of aryl methyl sites for hydroxylation is 1. The molecule has 4 atom stereocenters. The van der Waals surface area contributed by atoms with E-state index in [-0.39, 0.29) is 11.5 Å². The van der Waals surface area contributed by atoms with Crippen LogP contribution >= 0.6 is 0 Å². The van der Waals surface area contributed by atoms with E-state index in [2.05, 4.69) is 30.6 Å². The van der Waals surface area contributed by atoms with E-state index >= 15 is 0 Å². The lowest BCUT2D eigenvalue weighted by Crippen LogP contribution is -2.30. The molecule has 2 saturated carbocycles. The second-order valence-electron chi connectivity index (χ2n) is 10.5. The van der Waals surface area contributed by atoms with Crippen molar-refractivity contribution in [3.63, 3.8) is 0 Å². The van der Waals surface area contributed by atoms with Gasteiger partial charge in [0.05, 0.1) is 5.56 Å². The Hall–Kier alpha value is -2.66. The highest BCUT2D eigenvalue weighted by atomic mass is 19.1. The van der Waals surface area contributed by atoms with Gasteiger partial charge in [0.2, 0.25) is 0 Å². The van der Waals surface area contributed by atoms with Gasteiger partial charge in [-0.3, -0.25) is 0 Å². The topological polar surface area (TPSA) is 0 Å². The largest absolute Gasteiger partial charge is 0.206 e. The van der Waals surface area contributed by atoms with E-state index in [9.17, 15) is 8.78 Å². The van der Waals surface area contributed by atoms with Gasteiger partial charge in [-0.05, 0) is 124 Å². The van der Waals surface area contributed by atoms with E-state index in [1.54, 1.807) is 0 Å². The smallest absolute Gasteiger partial charge is 0.142 e. The molecule has 2 fully saturated rings. The molecule has 0 amide bonds. The molecule has 2 aromatic rings. The summed E-state index contributed by atoms with van der Waals surface area (Å²) in [5, 5.41) is 0. The maximum atomic E-state index is 15.0. The van der Waals surface area contributed by atoms with Crippen molar-refractivity contribution in [1.29, 1.82) is 0 Å². The third-order valence-electron chi connectivity index (χ3n) is 8.16. The van der Waals surface area contributed by atoms with Crippen LogP contribution in [0.5, 0.6) is 0 Å². The first-order chi connectivity index (χ1) is 17.1. The van der Waals surface area contributed by atoms with Crippen molar-refractivity contribution in [1.82, 2.24) is 0 Å². The molecule has 0 heterocycles. The van der Waals surface area contributed by atoms with Crippen molar-refractivity contribution < 1.29 is 8.78 Å². The standard InChI is InChI=1S/C33H38F2/c1-3-5-7-9-24-10-12-25(13-11-24)15-19-31-32(34)22-30(23-33(31)35)29-18-17-27-20-26(8-6-4-2)14-16-28(27)21-29/h3-5,10-13,22-23,26-29H,2,6-9,14,16-18,20-21H2,1H3/b5-3+. The van der Waals surface area contributed by atoms with Crippen molar-refractivity contribution in [3.8, 4) is 11.8 Å². The Bertz CT molecular complexity index is 1060. The molecule has 2 heteroatoms. The van der Waals surface area contributed by atoms with Crippen LogP contribution in [-0.4, -0.2) is 0 Å². The maximum absolute atomic E-state index is 15.0. The summed E-state index contributed by atoms with van der Waals surface area (Å²) in [5.41, 5.74) is 2.69. The Labute approximate surface area is 210 Å². The summed E-state index contributed by atoms with van der Waals surface area (Å²) < 4.78 is 29.9. The SMILES string of the molecule is C=CCCC1CCC2CC(c3cc(F)c(C#Cc4ccc(CC/C=C/C)cc4)c(F)c3)CCC2C1. The number of hydrogen-bond donors (Lipinski definition) is 0. The Morgan fingerprint density at radius 1 is 0.914 bits per heavy atom. The van der Waals surface area contributed by atoms with Gasteiger partial charge in [-0.15, -0.1) is 6.58 Å². The van der Waals surface area contributed by atoms with Crippen LogP contribution in [0.4, 0.5) is 8.78 Å². The molecule has 2 aliphatic carbocycles. The number of rotatable bonds is 7. The second kappa shape index (κ2) is 12.3. The molecule has 4 unspecified atom stereocenters. The first-order valence-electron chi connectivity index (χ1n) is 13.4. The average Bonchev–Trinajstić information content (AvgIpc) is 2.87. The lowest BCUT2D eigenvalue weighted by Gasteiger charge is -2.42. The molecule has 0 spiro atoms. The van der Waals surface area contributed by atoms with Crippen molar-refractivity contribution >= 4 is 0 Å². The van der Waals surface area contributed by atoms with Gasteiger partial charge in [0.15, 0.2) is 0 Å². The lowest BCUT2D eigenvalue weighted by atomic mass is 9.63. The molecular weight excluding hydrogens is 434 g/mol. The van der Waals surface area contributed by atoms with Gasteiger partial charge in [-0.1, -0.05) is 48.6 Å². The van der Waals surface area contributed by atoms with Gasteiger partial charge in [-0.2, -0.15) is 0 Å². The highest BCUT2D eigenvalue weighted by Gasteiger charge is 2.36.